The van der Waals surface area contributed by atoms with Gasteiger partial charge in [-0.05, 0) is 38.3 Å². The third kappa shape index (κ3) is 3.66. The Bertz CT molecular complexity index is 915. The minimum atomic E-state index is -1.51. The number of rotatable bonds is 7. The smallest absolute Gasteiger partial charge is 0.331 e. The Morgan fingerprint density at radius 2 is 1.94 bits per heavy atom. The average molecular weight is 431 g/mol. The molecule has 1 aromatic rings. The average Bonchev–Trinajstić information content (AvgIpc) is 2.70. The number of imide groups is 2. The number of hydrogen-bond acceptors (Lipinski definition) is 6. The van der Waals surface area contributed by atoms with Crippen LogP contribution in [-0.2, 0) is 16.0 Å². The molecular formula is C22H30N4O5. The fraction of sp³-hybridized carbons (Fsp3) is 0.591. The minimum Gasteiger partial charge on any atom is -0.367 e. The molecule has 1 saturated heterocycles. The van der Waals surface area contributed by atoms with Crippen molar-refractivity contribution in [3.8, 4) is 0 Å². The van der Waals surface area contributed by atoms with Crippen LogP contribution in [0.5, 0.6) is 0 Å². The Labute approximate surface area is 181 Å². The largest absolute Gasteiger partial charge is 0.367 e. The highest BCUT2D eigenvalue weighted by molar-refractivity contribution is 6.20. The molecule has 1 aromatic carbocycles. The lowest BCUT2D eigenvalue weighted by Gasteiger charge is -2.52. The van der Waals surface area contributed by atoms with Gasteiger partial charge in [0.1, 0.15) is 0 Å². The number of barbiturate groups is 1. The van der Waals surface area contributed by atoms with Gasteiger partial charge in [0.25, 0.3) is 5.69 Å². The van der Waals surface area contributed by atoms with Crippen molar-refractivity contribution >= 4 is 29.2 Å². The molecule has 0 aliphatic carbocycles. The predicted molar refractivity (Wildman–Crippen MR) is 116 cm³/mol. The third-order valence-electron chi connectivity index (χ3n) is 6.27. The third-order valence-corrected chi connectivity index (χ3v) is 6.27. The van der Waals surface area contributed by atoms with Crippen LogP contribution in [0.4, 0.5) is 16.2 Å². The first-order chi connectivity index (χ1) is 14.7. The number of nitrogens with one attached hydrogen (secondary N) is 1. The molecule has 1 N–H and O–H groups in total. The van der Waals surface area contributed by atoms with Gasteiger partial charge >= 0.3 is 6.03 Å². The van der Waals surface area contributed by atoms with Crippen LogP contribution in [0.25, 0.3) is 0 Å². The number of nitro groups is 1. The first kappa shape index (κ1) is 22.7. The van der Waals surface area contributed by atoms with Crippen molar-refractivity contribution in [1.29, 1.82) is 0 Å². The molecule has 3 rings (SSSR count). The van der Waals surface area contributed by atoms with Gasteiger partial charge < -0.3 is 4.90 Å². The van der Waals surface area contributed by atoms with E-state index in [0.717, 1.165) is 29.8 Å². The molecular weight excluding hydrogens is 400 g/mol. The van der Waals surface area contributed by atoms with Crippen molar-refractivity contribution in [3.05, 3.63) is 33.9 Å². The van der Waals surface area contributed by atoms with Gasteiger partial charge in [-0.2, -0.15) is 0 Å². The minimum absolute atomic E-state index is 0.0263. The summed E-state index contributed by atoms with van der Waals surface area (Å²) in [6.45, 7) is 8.12. The number of anilines is 1. The summed E-state index contributed by atoms with van der Waals surface area (Å²) in [7, 11) is 0. The lowest BCUT2D eigenvalue weighted by atomic mass is 9.67. The second-order valence-electron chi connectivity index (χ2n) is 8.60. The fourth-order valence-electron chi connectivity index (χ4n) is 4.83. The van der Waals surface area contributed by atoms with Crippen LogP contribution in [-0.4, -0.2) is 46.3 Å². The molecule has 1 spiro atoms. The van der Waals surface area contributed by atoms with Gasteiger partial charge in [0.15, 0.2) is 5.41 Å². The van der Waals surface area contributed by atoms with Crippen molar-refractivity contribution in [2.24, 2.45) is 5.41 Å². The van der Waals surface area contributed by atoms with Crippen molar-refractivity contribution < 1.29 is 19.3 Å². The second-order valence-corrected chi connectivity index (χ2v) is 8.60. The van der Waals surface area contributed by atoms with E-state index in [1.54, 1.807) is 19.9 Å². The maximum atomic E-state index is 13.8. The summed E-state index contributed by atoms with van der Waals surface area (Å²) in [6, 6.07) is 3.06. The Hall–Kier alpha value is -2.97. The summed E-state index contributed by atoms with van der Waals surface area (Å²) >= 11 is 0. The number of non-ortho nitro benzene ring substituents is 1. The van der Waals surface area contributed by atoms with Gasteiger partial charge in [-0.15, -0.1) is 0 Å². The summed E-state index contributed by atoms with van der Waals surface area (Å²) in [5.74, 6) is -1.13. The lowest BCUT2D eigenvalue weighted by Crippen LogP contribution is -2.73. The number of nitrogens with zero attached hydrogens (tertiary/aromatic N) is 3. The number of urea groups is 1. The standard InChI is InChI=1S/C22H30N4O5/c1-5-7-11-24-17-10-9-16(26(30)31)12-15(17)13-22(18(24)8-6-2)19(27)23-21(29)25(14(3)4)20(22)28/h9-10,12,14,18H,5-8,11,13H2,1-4H3,(H,23,27,29)/t18-,22-/m1/s1. The molecule has 0 radical (unpaired) electrons. The molecule has 168 valence electrons. The number of carbonyl (C=O) groups is 3. The van der Waals surface area contributed by atoms with Gasteiger partial charge in [-0.1, -0.05) is 26.7 Å². The van der Waals surface area contributed by atoms with Crippen LogP contribution in [0.2, 0.25) is 0 Å². The van der Waals surface area contributed by atoms with E-state index in [-0.39, 0.29) is 12.1 Å². The number of nitro benzene ring substituents is 1. The molecule has 9 nitrogen and oxygen atoms in total. The topological polar surface area (TPSA) is 113 Å². The van der Waals surface area contributed by atoms with Crippen LogP contribution in [0.1, 0.15) is 58.9 Å². The monoisotopic (exact) mass is 430 g/mol. The molecule has 2 atom stereocenters. The van der Waals surface area contributed by atoms with E-state index >= 15 is 0 Å². The zero-order valence-corrected chi connectivity index (χ0v) is 18.5. The van der Waals surface area contributed by atoms with Gasteiger partial charge in [-0.3, -0.25) is 29.9 Å². The van der Waals surface area contributed by atoms with Crippen molar-refractivity contribution in [3.63, 3.8) is 0 Å². The number of amides is 4. The van der Waals surface area contributed by atoms with E-state index in [0.29, 0.717) is 18.5 Å². The first-order valence-electron chi connectivity index (χ1n) is 10.9. The molecule has 0 saturated carbocycles. The summed E-state index contributed by atoms with van der Waals surface area (Å²) in [6.07, 6.45) is 3.11. The van der Waals surface area contributed by atoms with Gasteiger partial charge in [0, 0.05) is 36.8 Å². The number of fused-ring (bicyclic) bond motifs is 1. The van der Waals surface area contributed by atoms with Gasteiger partial charge in [0.05, 0.1) is 11.0 Å². The first-order valence-corrected chi connectivity index (χ1v) is 10.9. The molecule has 0 unspecified atom stereocenters. The molecule has 0 aromatic heterocycles. The Kier molecular flexibility index (Phi) is 6.33. The molecule has 9 heteroatoms. The Morgan fingerprint density at radius 3 is 2.52 bits per heavy atom. The summed E-state index contributed by atoms with van der Waals surface area (Å²) < 4.78 is 0. The molecule has 2 aliphatic heterocycles. The quantitative estimate of drug-likeness (QED) is 0.403. The van der Waals surface area contributed by atoms with E-state index in [1.165, 1.54) is 12.1 Å². The lowest BCUT2D eigenvalue weighted by molar-refractivity contribution is -0.384. The van der Waals surface area contributed by atoms with Crippen LogP contribution in [0.3, 0.4) is 0 Å². The van der Waals surface area contributed by atoms with E-state index in [4.69, 9.17) is 0 Å². The number of benzene rings is 1. The van der Waals surface area contributed by atoms with Crippen LogP contribution in [0.15, 0.2) is 18.2 Å². The van der Waals surface area contributed by atoms with Crippen molar-refractivity contribution in [1.82, 2.24) is 10.2 Å². The second kappa shape index (κ2) is 8.64. The van der Waals surface area contributed by atoms with Gasteiger partial charge in [-0.25, -0.2) is 4.79 Å². The zero-order valence-electron chi connectivity index (χ0n) is 18.5. The number of hydrogen-bond donors (Lipinski definition) is 1. The van der Waals surface area contributed by atoms with Crippen LogP contribution < -0.4 is 10.2 Å². The van der Waals surface area contributed by atoms with E-state index in [1.807, 2.05) is 6.92 Å². The zero-order chi connectivity index (χ0) is 22.9. The maximum absolute atomic E-state index is 13.8. The predicted octanol–water partition coefficient (Wildman–Crippen LogP) is 3.40. The molecule has 0 bridgehead atoms. The maximum Gasteiger partial charge on any atom is 0.331 e. The SMILES string of the molecule is CCCCN1c2ccc([N+](=O)[O-])cc2C[C@]2(C(=O)NC(=O)N(C(C)C)C2=O)[C@H]1CCC. The summed E-state index contributed by atoms with van der Waals surface area (Å²) in [4.78, 5) is 53.7. The molecule has 1 fully saturated rings. The number of carbonyl (C=O) groups excluding carboxylic acids is 3. The van der Waals surface area contributed by atoms with Crippen molar-refractivity contribution in [2.45, 2.75) is 71.9 Å². The van der Waals surface area contributed by atoms with Gasteiger partial charge in [0.2, 0.25) is 11.8 Å². The van der Waals surface area contributed by atoms with Crippen LogP contribution >= 0.6 is 0 Å². The van der Waals surface area contributed by atoms with Crippen molar-refractivity contribution in [2.75, 3.05) is 11.4 Å². The Morgan fingerprint density at radius 1 is 1.23 bits per heavy atom. The molecule has 2 aliphatic rings. The summed E-state index contributed by atoms with van der Waals surface area (Å²) in [5, 5.41) is 13.8. The molecule has 31 heavy (non-hydrogen) atoms. The van der Waals surface area contributed by atoms with E-state index < -0.39 is 40.3 Å². The summed E-state index contributed by atoms with van der Waals surface area (Å²) in [5.41, 5.74) is -0.195. The fourth-order valence-corrected chi connectivity index (χ4v) is 4.83. The Balaban J connectivity index is 2.23. The normalized spacial score (nSPS) is 23.4. The van der Waals surface area contributed by atoms with Crippen LogP contribution in [0, 0.1) is 15.5 Å². The van der Waals surface area contributed by atoms with E-state index in [2.05, 4.69) is 17.1 Å². The number of unbranched alkanes of at least 4 members (excludes halogenated alkanes) is 1. The molecule has 2 heterocycles. The molecule has 4 amide bonds. The highest BCUT2D eigenvalue weighted by Crippen LogP contribution is 2.47. The highest BCUT2D eigenvalue weighted by Gasteiger charge is 2.62. The highest BCUT2D eigenvalue weighted by atomic mass is 16.6. The van der Waals surface area contributed by atoms with E-state index in [9.17, 15) is 24.5 Å².